The Hall–Kier alpha value is -0.0400. The van der Waals surface area contributed by atoms with Gasteiger partial charge in [-0.1, -0.05) is 34.6 Å². The molecule has 1 rings (SSSR count). The highest BCUT2D eigenvalue weighted by Crippen LogP contribution is 2.22. The van der Waals surface area contributed by atoms with Gasteiger partial charge in [-0.3, -0.25) is 0 Å². The van der Waals surface area contributed by atoms with E-state index in [-0.39, 0.29) is 0 Å². The van der Waals surface area contributed by atoms with Gasteiger partial charge in [0, 0.05) is 6.54 Å². The third-order valence-electron chi connectivity index (χ3n) is 2.70. The molecule has 74 valence electrons. The zero-order valence-electron chi connectivity index (χ0n) is 9.43. The quantitative estimate of drug-likeness (QED) is 0.617. The van der Waals surface area contributed by atoms with E-state index in [0.29, 0.717) is 0 Å². The van der Waals surface area contributed by atoms with E-state index in [1.807, 2.05) is 13.8 Å². The topological polar surface area (TPSA) is 3.24 Å². The van der Waals surface area contributed by atoms with Crippen molar-refractivity contribution in [1.29, 1.82) is 0 Å². The fourth-order valence-electron chi connectivity index (χ4n) is 1.69. The molecule has 0 amide bonds. The first-order valence-corrected chi connectivity index (χ1v) is 5.46. The van der Waals surface area contributed by atoms with Gasteiger partial charge < -0.3 is 4.90 Å². The molecule has 0 N–H and O–H groups in total. The molecule has 0 aromatic carbocycles. The van der Waals surface area contributed by atoms with E-state index in [1.165, 1.54) is 26.1 Å². The van der Waals surface area contributed by atoms with Gasteiger partial charge in [0.15, 0.2) is 0 Å². The summed E-state index contributed by atoms with van der Waals surface area (Å²) in [6, 6.07) is 0. The van der Waals surface area contributed by atoms with Gasteiger partial charge in [-0.15, -0.1) is 0 Å². The van der Waals surface area contributed by atoms with Crippen molar-refractivity contribution in [3.8, 4) is 0 Å². The third kappa shape index (κ3) is 3.57. The highest BCUT2D eigenvalue weighted by Gasteiger charge is 2.22. The lowest BCUT2D eigenvalue weighted by molar-refractivity contribution is 0.317. The van der Waals surface area contributed by atoms with Crippen LogP contribution >= 0.6 is 0 Å². The van der Waals surface area contributed by atoms with Gasteiger partial charge in [-0.25, -0.2) is 0 Å². The third-order valence-corrected chi connectivity index (χ3v) is 2.70. The minimum Gasteiger partial charge on any atom is -0.303 e. The molecule has 1 heterocycles. The van der Waals surface area contributed by atoms with Crippen molar-refractivity contribution in [1.82, 2.24) is 4.90 Å². The molecule has 1 fully saturated rings. The second kappa shape index (κ2) is 6.47. The molecule has 0 spiro atoms. The van der Waals surface area contributed by atoms with Crippen LogP contribution in [-0.4, -0.2) is 24.5 Å². The van der Waals surface area contributed by atoms with Crippen LogP contribution in [0.4, 0.5) is 0 Å². The first kappa shape index (κ1) is 12.0. The maximum Gasteiger partial charge on any atom is 0.00125 e. The molecule has 1 aliphatic rings. The van der Waals surface area contributed by atoms with E-state index in [2.05, 4.69) is 25.7 Å². The Labute approximate surface area is 78.1 Å². The molecule has 0 bridgehead atoms. The van der Waals surface area contributed by atoms with E-state index < -0.39 is 0 Å². The first-order chi connectivity index (χ1) is 5.74. The normalized spacial score (nSPS) is 24.0. The molecule has 1 heteroatoms. The highest BCUT2D eigenvalue weighted by molar-refractivity contribution is 4.76. The zero-order valence-corrected chi connectivity index (χ0v) is 9.43. The van der Waals surface area contributed by atoms with Gasteiger partial charge in [0.25, 0.3) is 0 Å². The first-order valence-electron chi connectivity index (χ1n) is 5.46. The second-order valence-electron chi connectivity index (χ2n) is 3.69. The zero-order chi connectivity index (χ0) is 9.56. The van der Waals surface area contributed by atoms with Crippen molar-refractivity contribution in [2.75, 3.05) is 19.6 Å². The molecule has 12 heavy (non-hydrogen) atoms. The SMILES string of the molecule is CC.CCN1CC[C@H](C(C)C)C1. The van der Waals surface area contributed by atoms with Crippen molar-refractivity contribution < 1.29 is 0 Å². The number of likely N-dealkylation sites (tertiary alicyclic amines) is 1. The summed E-state index contributed by atoms with van der Waals surface area (Å²) in [6.45, 7) is 14.8. The number of rotatable bonds is 2. The summed E-state index contributed by atoms with van der Waals surface area (Å²) >= 11 is 0. The summed E-state index contributed by atoms with van der Waals surface area (Å²) in [5, 5.41) is 0. The lowest BCUT2D eigenvalue weighted by Crippen LogP contribution is -2.21. The van der Waals surface area contributed by atoms with Crippen LogP contribution in [0.25, 0.3) is 0 Å². The summed E-state index contributed by atoms with van der Waals surface area (Å²) in [5.74, 6) is 1.86. The average Bonchev–Trinajstić information content (AvgIpc) is 2.55. The molecular formula is C11H25N. The molecule has 0 unspecified atom stereocenters. The Morgan fingerprint density at radius 3 is 2.17 bits per heavy atom. The standard InChI is InChI=1S/C9H19N.C2H6/c1-4-10-6-5-9(7-10)8(2)3;1-2/h8-9H,4-7H2,1-3H3;1-2H3/t9-;/m0./s1. The van der Waals surface area contributed by atoms with Crippen LogP contribution in [0.2, 0.25) is 0 Å². The van der Waals surface area contributed by atoms with Crippen LogP contribution in [0.5, 0.6) is 0 Å². The predicted molar refractivity (Wildman–Crippen MR) is 56.4 cm³/mol. The largest absolute Gasteiger partial charge is 0.303 e. The van der Waals surface area contributed by atoms with E-state index in [4.69, 9.17) is 0 Å². The molecule has 0 aromatic heterocycles. The van der Waals surface area contributed by atoms with Crippen molar-refractivity contribution in [2.24, 2.45) is 11.8 Å². The Balaban J connectivity index is 0.000000561. The number of hydrogen-bond acceptors (Lipinski definition) is 1. The van der Waals surface area contributed by atoms with Crippen molar-refractivity contribution >= 4 is 0 Å². The van der Waals surface area contributed by atoms with E-state index in [9.17, 15) is 0 Å². The molecule has 1 aliphatic heterocycles. The van der Waals surface area contributed by atoms with Gasteiger partial charge in [0.1, 0.15) is 0 Å². The monoisotopic (exact) mass is 171 g/mol. The van der Waals surface area contributed by atoms with Crippen molar-refractivity contribution in [3.05, 3.63) is 0 Å². The molecule has 0 aromatic rings. The van der Waals surface area contributed by atoms with Crippen molar-refractivity contribution in [3.63, 3.8) is 0 Å². The van der Waals surface area contributed by atoms with Gasteiger partial charge in [0.05, 0.1) is 0 Å². The molecule has 1 saturated heterocycles. The van der Waals surface area contributed by atoms with Gasteiger partial charge in [-0.05, 0) is 31.3 Å². The van der Waals surface area contributed by atoms with Gasteiger partial charge in [0.2, 0.25) is 0 Å². The Kier molecular flexibility index (Phi) is 6.45. The Morgan fingerprint density at radius 2 is 1.92 bits per heavy atom. The van der Waals surface area contributed by atoms with Crippen LogP contribution in [0.15, 0.2) is 0 Å². The van der Waals surface area contributed by atoms with E-state index in [0.717, 1.165) is 11.8 Å². The maximum absolute atomic E-state index is 2.55. The highest BCUT2D eigenvalue weighted by atomic mass is 15.1. The predicted octanol–water partition coefficient (Wildman–Crippen LogP) is 3.01. The molecular weight excluding hydrogens is 146 g/mol. The summed E-state index contributed by atoms with van der Waals surface area (Å²) < 4.78 is 0. The van der Waals surface area contributed by atoms with Crippen LogP contribution in [0, 0.1) is 11.8 Å². The van der Waals surface area contributed by atoms with Crippen LogP contribution < -0.4 is 0 Å². The van der Waals surface area contributed by atoms with Crippen LogP contribution in [-0.2, 0) is 0 Å². The van der Waals surface area contributed by atoms with E-state index >= 15 is 0 Å². The van der Waals surface area contributed by atoms with Crippen molar-refractivity contribution in [2.45, 2.75) is 41.0 Å². The number of hydrogen-bond donors (Lipinski definition) is 0. The summed E-state index contributed by atoms with van der Waals surface area (Å²) in [4.78, 5) is 2.55. The fraction of sp³-hybridized carbons (Fsp3) is 1.00. The Bertz CT molecular complexity index is 99.2. The lowest BCUT2D eigenvalue weighted by Gasteiger charge is -2.15. The molecule has 1 atom stereocenters. The maximum atomic E-state index is 2.55. The van der Waals surface area contributed by atoms with E-state index in [1.54, 1.807) is 0 Å². The van der Waals surface area contributed by atoms with Gasteiger partial charge in [-0.2, -0.15) is 0 Å². The number of nitrogens with zero attached hydrogens (tertiary/aromatic N) is 1. The fourth-order valence-corrected chi connectivity index (χ4v) is 1.69. The van der Waals surface area contributed by atoms with Crippen LogP contribution in [0.3, 0.4) is 0 Å². The van der Waals surface area contributed by atoms with Crippen LogP contribution in [0.1, 0.15) is 41.0 Å². The molecule has 0 aliphatic carbocycles. The summed E-state index contributed by atoms with van der Waals surface area (Å²) in [7, 11) is 0. The smallest absolute Gasteiger partial charge is 0.00125 e. The molecule has 0 radical (unpaired) electrons. The van der Waals surface area contributed by atoms with Gasteiger partial charge >= 0.3 is 0 Å². The lowest BCUT2D eigenvalue weighted by atomic mass is 9.95. The molecule has 1 nitrogen and oxygen atoms in total. The summed E-state index contributed by atoms with van der Waals surface area (Å²) in [5.41, 5.74) is 0. The Morgan fingerprint density at radius 1 is 1.33 bits per heavy atom. The minimum atomic E-state index is 0.886. The summed E-state index contributed by atoms with van der Waals surface area (Å²) in [6.07, 6.45) is 1.42. The second-order valence-corrected chi connectivity index (χ2v) is 3.69. The molecule has 0 saturated carbocycles. The minimum absolute atomic E-state index is 0.886. The average molecular weight is 171 g/mol.